The minimum Gasteiger partial charge on any atom is -0.228 e. The van der Waals surface area contributed by atoms with E-state index >= 15 is 0 Å². The molecule has 0 fully saturated rings. The number of aromatic nitrogens is 2. The van der Waals surface area contributed by atoms with Gasteiger partial charge in [-0.3, -0.25) is 0 Å². The topological polar surface area (TPSA) is 25.8 Å². The van der Waals surface area contributed by atoms with Gasteiger partial charge in [-0.2, -0.15) is 0 Å². The molecule has 0 amide bonds. The van der Waals surface area contributed by atoms with Crippen molar-refractivity contribution in [1.82, 2.24) is 9.97 Å². The molecule has 2 nitrogen and oxygen atoms in total. The van der Waals surface area contributed by atoms with Gasteiger partial charge in [-0.15, -0.1) is 11.3 Å². The molecule has 0 spiro atoms. The number of fused-ring (bicyclic) bond motifs is 6. The molecule has 1 aliphatic carbocycles. The molecule has 0 unspecified atom stereocenters. The van der Waals surface area contributed by atoms with Gasteiger partial charge in [0.1, 0.15) is 0 Å². The number of thiophene rings is 1. The first-order chi connectivity index (χ1) is 28.1. The first-order valence-electron chi connectivity index (χ1n) is 19.5. The van der Waals surface area contributed by atoms with Gasteiger partial charge in [0.15, 0.2) is 5.82 Å². The monoisotopic (exact) mass is 744 g/mol. The molecule has 10 aromatic rings. The largest absolute Gasteiger partial charge is 0.228 e. The zero-order chi connectivity index (χ0) is 37.9. The van der Waals surface area contributed by atoms with Gasteiger partial charge in [0.05, 0.1) is 11.4 Å². The summed E-state index contributed by atoms with van der Waals surface area (Å²) in [7, 11) is 0. The molecule has 0 bridgehead atoms. The molecule has 1 aliphatic rings. The van der Waals surface area contributed by atoms with Crippen LogP contribution in [0, 0.1) is 0 Å². The van der Waals surface area contributed by atoms with Gasteiger partial charge in [-0.1, -0.05) is 164 Å². The Labute approximate surface area is 336 Å². The summed E-state index contributed by atoms with van der Waals surface area (Å²) < 4.78 is 2.61. The first-order valence-corrected chi connectivity index (χ1v) is 20.3. The lowest BCUT2D eigenvalue weighted by molar-refractivity contribution is 0.714. The van der Waals surface area contributed by atoms with Gasteiger partial charge in [0, 0.05) is 42.3 Å². The first kappa shape index (κ1) is 33.4. The quantitative estimate of drug-likeness (QED) is 0.169. The maximum absolute atomic E-state index is 5.26. The molecule has 0 radical (unpaired) electrons. The van der Waals surface area contributed by atoms with Crippen LogP contribution in [-0.2, 0) is 5.41 Å². The van der Waals surface area contributed by atoms with Crippen LogP contribution >= 0.6 is 11.3 Å². The van der Waals surface area contributed by atoms with Crippen molar-refractivity contribution in [2.24, 2.45) is 0 Å². The lowest BCUT2D eigenvalue weighted by Crippen LogP contribution is -2.22. The van der Waals surface area contributed by atoms with Crippen molar-refractivity contribution in [2.75, 3.05) is 0 Å². The summed E-state index contributed by atoms with van der Waals surface area (Å²) in [4.78, 5) is 10.5. The molecule has 0 saturated carbocycles. The third-order valence-corrected chi connectivity index (χ3v) is 13.0. The Morgan fingerprint density at radius 3 is 1.74 bits per heavy atom. The van der Waals surface area contributed by atoms with Gasteiger partial charge in [0.25, 0.3) is 0 Å². The van der Waals surface area contributed by atoms with E-state index in [2.05, 4.69) is 201 Å². The van der Waals surface area contributed by atoms with Crippen LogP contribution in [-0.4, -0.2) is 9.97 Å². The van der Waals surface area contributed by atoms with Gasteiger partial charge in [0.2, 0.25) is 0 Å². The number of benzene rings is 8. The van der Waals surface area contributed by atoms with E-state index in [1.165, 1.54) is 59.1 Å². The maximum Gasteiger partial charge on any atom is 0.160 e. The molecular formula is C54H36N2S. The minimum absolute atomic E-state index is 0.263. The van der Waals surface area contributed by atoms with Gasteiger partial charge < -0.3 is 0 Å². The van der Waals surface area contributed by atoms with E-state index < -0.39 is 0 Å². The Bertz CT molecular complexity index is 3110. The highest BCUT2D eigenvalue weighted by atomic mass is 32.1. The van der Waals surface area contributed by atoms with E-state index in [1.54, 1.807) is 0 Å². The fourth-order valence-electron chi connectivity index (χ4n) is 8.93. The van der Waals surface area contributed by atoms with E-state index in [1.807, 2.05) is 17.4 Å². The number of nitrogens with zero attached hydrogens (tertiary/aromatic N) is 2. The smallest absolute Gasteiger partial charge is 0.160 e. The molecule has 268 valence electrons. The van der Waals surface area contributed by atoms with Crippen molar-refractivity contribution in [3.05, 3.63) is 217 Å². The van der Waals surface area contributed by atoms with Crippen molar-refractivity contribution in [2.45, 2.75) is 12.3 Å². The Hall–Kier alpha value is -6.94. The van der Waals surface area contributed by atoms with E-state index in [0.29, 0.717) is 5.82 Å². The summed E-state index contributed by atoms with van der Waals surface area (Å²) >= 11 is 1.85. The third-order valence-electron chi connectivity index (χ3n) is 11.8. The van der Waals surface area contributed by atoms with Crippen molar-refractivity contribution >= 4 is 31.5 Å². The molecule has 8 aromatic carbocycles. The molecule has 3 heteroatoms. The third kappa shape index (κ3) is 5.54. The average molecular weight is 745 g/mol. The number of hydrogen-bond acceptors (Lipinski definition) is 3. The minimum atomic E-state index is -0.263. The van der Waals surface area contributed by atoms with Crippen molar-refractivity contribution in [3.63, 3.8) is 0 Å². The molecule has 0 N–H and O–H groups in total. The van der Waals surface area contributed by atoms with E-state index in [9.17, 15) is 0 Å². The lowest BCUT2D eigenvalue weighted by atomic mass is 9.74. The van der Waals surface area contributed by atoms with Crippen LogP contribution in [0.5, 0.6) is 0 Å². The fourth-order valence-corrected chi connectivity index (χ4v) is 10.0. The zero-order valence-electron chi connectivity index (χ0n) is 31.4. The van der Waals surface area contributed by atoms with Gasteiger partial charge >= 0.3 is 0 Å². The van der Waals surface area contributed by atoms with Crippen molar-refractivity contribution < 1.29 is 0 Å². The Morgan fingerprint density at radius 2 is 0.947 bits per heavy atom. The molecule has 57 heavy (non-hydrogen) atoms. The summed E-state index contributed by atoms with van der Waals surface area (Å²) in [5, 5.41) is 2.58. The predicted octanol–water partition coefficient (Wildman–Crippen LogP) is 14.5. The van der Waals surface area contributed by atoms with Crippen molar-refractivity contribution in [3.8, 4) is 67.3 Å². The van der Waals surface area contributed by atoms with Crippen LogP contribution in [0.15, 0.2) is 200 Å². The second-order valence-corrected chi connectivity index (χ2v) is 16.1. The summed E-state index contributed by atoms with van der Waals surface area (Å²) in [5.41, 5.74) is 15.9. The normalized spacial score (nSPS) is 12.8. The van der Waals surface area contributed by atoms with Crippen LogP contribution in [0.4, 0.5) is 0 Å². The van der Waals surface area contributed by atoms with Gasteiger partial charge in [-0.25, -0.2) is 9.97 Å². The Balaban J connectivity index is 1.03. The standard InChI is InChI=1S/C54H36N2S/c1-54(47-26-10-7-22-42(47)43-23-8-11-27-48(43)54)40-20-14-18-37(32-40)36-17-13-19-39(31-36)49-34-50(56-53(55-49)35-15-3-2-4-16-35)44-24-6-5-21-41(44)38-29-30-52-46(33-38)45-25-9-12-28-51(45)57-52/h2-34H,1H3. The Morgan fingerprint density at radius 1 is 0.368 bits per heavy atom. The molecular weight excluding hydrogens is 709 g/mol. The highest BCUT2D eigenvalue weighted by molar-refractivity contribution is 7.25. The van der Waals surface area contributed by atoms with Crippen LogP contribution in [0.25, 0.3) is 87.5 Å². The van der Waals surface area contributed by atoms with E-state index in [-0.39, 0.29) is 5.41 Å². The van der Waals surface area contributed by atoms with Crippen molar-refractivity contribution in [1.29, 1.82) is 0 Å². The van der Waals surface area contributed by atoms with Crippen LogP contribution in [0.2, 0.25) is 0 Å². The number of rotatable bonds is 6. The molecule has 2 aromatic heterocycles. The highest BCUT2D eigenvalue weighted by Crippen LogP contribution is 2.52. The SMILES string of the molecule is CC1(c2cccc(-c3cccc(-c4cc(-c5ccccc5-c5ccc6sc7ccccc7c6c5)nc(-c5ccccc5)n4)c3)c2)c2ccccc2-c2ccccc21. The zero-order valence-corrected chi connectivity index (χ0v) is 32.2. The summed E-state index contributed by atoms with van der Waals surface area (Å²) in [6.07, 6.45) is 0. The van der Waals surface area contributed by atoms with E-state index in [4.69, 9.17) is 9.97 Å². The van der Waals surface area contributed by atoms with Gasteiger partial charge in [-0.05, 0) is 93.4 Å². The van der Waals surface area contributed by atoms with Crippen LogP contribution in [0.3, 0.4) is 0 Å². The maximum atomic E-state index is 5.26. The molecule has 0 saturated heterocycles. The summed E-state index contributed by atoms with van der Waals surface area (Å²) in [6.45, 7) is 2.37. The highest BCUT2D eigenvalue weighted by Gasteiger charge is 2.40. The Kier molecular flexibility index (Phi) is 7.84. The van der Waals surface area contributed by atoms with E-state index in [0.717, 1.165) is 39.2 Å². The lowest BCUT2D eigenvalue weighted by Gasteiger charge is -2.28. The fraction of sp³-hybridized carbons (Fsp3) is 0.0370. The van der Waals surface area contributed by atoms with Crippen LogP contribution in [0.1, 0.15) is 23.6 Å². The summed E-state index contributed by atoms with van der Waals surface area (Å²) in [6, 6.07) is 72.3. The molecule has 0 atom stereocenters. The second kappa shape index (κ2) is 13.4. The average Bonchev–Trinajstić information content (AvgIpc) is 3.79. The second-order valence-electron chi connectivity index (χ2n) is 15.1. The predicted molar refractivity (Wildman–Crippen MR) is 240 cm³/mol. The van der Waals surface area contributed by atoms with Crippen LogP contribution < -0.4 is 0 Å². The molecule has 0 aliphatic heterocycles. The summed E-state index contributed by atoms with van der Waals surface area (Å²) in [5.74, 6) is 0.705. The number of hydrogen-bond donors (Lipinski definition) is 0. The molecule has 2 heterocycles. The molecule has 11 rings (SSSR count).